The molecule has 0 bridgehead atoms. The third-order valence-corrected chi connectivity index (χ3v) is 2.55. The Morgan fingerprint density at radius 1 is 1.27 bits per heavy atom. The smallest absolute Gasteiger partial charge is 0.291 e. The van der Waals surface area contributed by atoms with Gasteiger partial charge in [0.05, 0.1) is 7.11 Å². The molecule has 15 heavy (non-hydrogen) atoms. The number of aliphatic imine (C=N–C) groups is 1. The minimum atomic E-state index is 0.727. The molecule has 1 aromatic rings. The lowest BCUT2D eigenvalue weighted by atomic mass is 10.2. The van der Waals surface area contributed by atoms with Gasteiger partial charge in [-0.25, -0.2) is 4.99 Å². The van der Waals surface area contributed by atoms with Gasteiger partial charge in [0.25, 0.3) is 6.02 Å². The highest BCUT2D eigenvalue weighted by Gasteiger charge is 2.16. The number of hydrogen-bond acceptors (Lipinski definition) is 3. The Bertz CT molecular complexity index is 356. The molecule has 0 saturated carbocycles. The van der Waals surface area contributed by atoms with Crippen LogP contribution in [-0.2, 0) is 4.74 Å². The molecule has 0 N–H and O–H groups in total. The zero-order valence-corrected chi connectivity index (χ0v) is 9.23. The first-order chi connectivity index (χ1) is 7.31. The van der Waals surface area contributed by atoms with Crippen molar-refractivity contribution >= 4 is 11.7 Å². The van der Waals surface area contributed by atoms with Crippen molar-refractivity contribution in [2.24, 2.45) is 4.99 Å². The van der Waals surface area contributed by atoms with Gasteiger partial charge in [-0.3, -0.25) is 4.90 Å². The van der Waals surface area contributed by atoms with E-state index in [1.807, 2.05) is 0 Å². The number of benzene rings is 1. The van der Waals surface area contributed by atoms with Crippen LogP contribution in [0.5, 0.6) is 0 Å². The summed E-state index contributed by atoms with van der Waals surface area (Å²) in [7, 11) is 1.67. The van der Waals surface area contributed by atoms with Crippen molar-refractivity contribution < 1.29 is 4.74 Å². The first-order valence-electron chi connectivity index (χ1n) is 5.24. The van der Waals surface area contributed by atoms with Gasteiger partial charge in [0, 0.05) is 18.8 Å². The topological polar surface area (TPSA) is 24.8 Å². The van der Waals surface area contributed by atoms with Crippen LogP contribution in [0.15, 0.2) is 29.3 Å². The summed E-state index contributed by atoms with van der Waals surface area (Å²) in [6, 6.07) is 9.16. The van der Waals surface area contributed by atoms with Gasteiger partial charge >= 0.3 is 0 Å². The molecule has 0 aromatic heterocycles. The Kier molecular flexibility index (Phi) is 2.90. The van der Waals surface area contributed by atoms with Crippen LogP contribution in [0.3, 0.4) is 0 Å². The molecule has 0 fully saturated rings. The van der Waals surface area contributed by atoms with Crippen LogP contribution >= 0.6 is 0 Å². The molecule has 1 aliphatic rings. The predicted molar refractivity (Wildman–Crippen MR) is 62.5 cm³/mol. The number of aryl methyl sites for hydroxylation is 1. The van der Waals surface area contributed by atoms with Gasteiger partial charge in [0.15, 0.2) is 0 Å². The molecule has 0 unspecified atom stereocenters. The first-order valence-corrected chi connectivity index (χ1v) is 5.24. The Hall–Kier alpha value is -1.51. The summed E-state index contributed by atoms with van der Waals surface area (Å²) in [4.78, 5) is 6.46. The quantitative estimate of drug-likeness (QED) is 0.700. The molecule has 0 aliphatic carbocycles. The van der Waals surface area contributed by atoms with Gasteiger partial charge in [-0.1, -0.05) is 17.7 Å². The molecule has 0 atom stereocenters. The lowest BCUT2D eigenvalue weighted by molar-refractivity contribution is 0.382. The van der Waals surface area contributed by atoms with Crippen molar-refractivity contribution in [3.8, 4) is 0 Å². The molecule has 0 spiro atoms. The Balaban J connectivity index is 2.25. The summed E-state index contributed by atoms with van der Waals surface area (Å²) in [6.07, 6.45) is 1.08. The van der Waals surface area contributed by atoms with Crippen molar-refractivity contribution in [2.45, 2.75) is 13.3 Å². The minimum Gasteiger partial charge on any atom is -0.468 e. The summed E-state index contributed by atoms with van der Waals surface area (Å²) in [6.45, 7) is 3.94. The number of methoxy groups -OCH3 is 1. The van der Waals surface area contributed by atoms with Crippen LogP contribution in [0.1, 0.15) is 12.0 Å². The molecule has 80 valence electrons. The highest BCUT2D eigenvalue weighted by atomic mass is 16.5. The van der Waals surface area contributed by atoms with Gasteiger partial charge in [-0.05, 0) is 25.5 Å². The number of anilines is 1. The maximum Gasteiger partial charge on any atom is 0.291 e. The van der Waals surface area contributed by atoms with Crippen LogP contribution in [-0.4, -0.2) is 26.2 Å². The molecule has 0 amide bonds. The van der Waals surface area contributed by atoms with E-state index in [0.29, 0.717) is 0 Å². The monoisotopic (exact) mass is 204 g/mol. The number of ether oxygens (including phenoxy) is 1. The van der Waals surface area contributed by atoms with Crippen molar-refractivity contribution in [3.05, 3.63) is 29.8 Å². The van der Waals surface area contributed by atoms with Crippen LogP contribution in [0.4, 0.5) is 5.69 Å². The Morgan fingerprint density at radius 3 is 2.67 bits per heavy atom. The van der Waals surface area contributed by atoms with Gasteiger partial charge in [-0.15, -0.1) is 0 Å². The lowest BCUT2D eigenvalue weighted by Crippen LogP contribution is -2.36. The zero-order chi connectivity index (χ0) is 10.7. The molecule has 1 aliphatic heterocycles. The summed E-state index contributed by atoms with van der Waals surface area (Å²) >= 11 is 0. The SMILES string of the molecule is COC1=NCCCN1c1ccc(C)cc1. The second-order valence-electron chi connectivity index (χ2n) is 3.71. The highest BCUT2D eigenvalue weighted by molar-refractivity contribution is 5.92. The van der Waals surface area contributed by atoms with E-state index in [0.717, 1.165) is 31.2 Å². The fraction of sp³-hybridized carbons (Fsp3) is 0.417. The fourth-order valence-corrected chi connectivity index (χ4v) is 1.72. The number of nitrogens with zero attached hydrogens (tertiary/aromatic N) is 2. The Labute approximate surface area is 90.4 Å². The van der Waals surface area contributed by atoms with E-state index < -0.39 is 0 Å². The second kappa shape index (κ2) is 4.34. The largest absolute Gasteiger partial charge is 0.468 e. The molecular weight excluding hydrogens is 188 g/mol. The van der Waals surface area contributed by atoms with Crippen molar-refractivity contribution in [1.29, 1.82) is 0 Å². The average molecular weight is 204 g/mol. The van der Waals surface area contributed by atoms with E-state index in [-0.39, 0.29) is 0 Å². The molecule has 0 saturated heterocycles. The predicted octanol–water partition coefficient (Wildman–Crippen LogP) is 2.21. The zero-order valence-electron chi connectivity index (χ0n) is 9.23. The molecule has 3 heteroatoms. The Morgan fingerprint density at radius 2 is 2.00 bits per heavy atom. The van der Waals surface area contributed by atoms with Crippen molar-refractivity contribution in [2.75, 3.05) is 25.1 Å². The lowest BCUT2D eigenvalue weighted by Gasteiger charge is -2.27. The normalized spacial score (nSPS) is 16.1. The minimum absolute atomic E-state index is 0.727. The number of rotatable bonds is 1. The summed E-state index contributed by atoms with van der Waals surface area (Å²) in [5, 5.41) is 0. The standard InChI is InChI=1S/C12H16N2O/c1-10-4-6-11(7-5-10)14-9-3-8-13-12(14)15-2/h4-7H,3,8-9H2,1-2H3. The maximum absolute atomic E-state index is 5.26. The second-order valence-corrected chi connectivity index (χ2v) is 3.71. The third-order valence-electron chi connectivity index (χ3n) is 2.55. The molecule has 1 aromatic carbocycles. The number of amidine groups is 1. The highest BCUT2D eigenvalue weighted by Crippen LogP contribution is 2.18. The fourth-order valence-electron chi connectivity index (χ4n) is 1.72. The number of hydrogen-bond donors (Lipinski definition) is 0. The first kappa shape index (κ1) is 10.0. The van der Waals surface area contributed by atoms with E-state index in [9.17, 15) is 0 Å². The van der Waals surface area contributed by atoms with Crippen LogP contribution in [0, 0.1) is 6.92 Å². The van der Waals surface area contributed by atoms with Gasteiger partial charge in [0.2, 0.25) is 0 Å². The summed E-state index contributed by atoms with van der Waals surface area (Å²) in [5.41, 5.74) is 2.42. The van der Waals surface area contributed by atoms with Gasteiger partial charge < -0.3 is 4.74 Å². The average Bonchev–Trinajstić information content (AvgIpc) is 2.30. The van der Waals surface area contributed by atoms with E-state index in [4.69, 9.17) is 4.74 Å². The van der Waals surface area contributed by atoms with Crippen LogP contribution in [0.25, 0.3) is 0 Å². The summed E-state index contributed by atoms with van der Waals surface area (Å²) in [5.74, 6) is 0. The molecule has 1 heterocycles. The molecule has 2 rings (SSSR count). The molecule has 0 radical (unpaired) electrons. The van der Waals surface area contributed by atoms with Crippen LogP contribution < -0.4 is 4.90 Å². The van der Waals surface area contributed by atoms with E-state index in [1.54, 1.807) is 7.11 Å². The molecular formula is C12H16N2O. The van der Waals surface area contributed by atoms with Gasteiger partial charge in [-0.2, -0.15) is 0 Å². The van der Waals surface area contributed by atoms with E-state index in [2.05, 4.69) is 41.1 Å². The molecule has 3 nitrogen and oxygen atoms in total. The van der Waals surface area contributed by atoms with Crippen LogP contribution in [0.2, 0.25) is 0 Å². The third kappa shape index (κ3) is 2.12. The maximum atomic E-state index is 5.26. The van der Waals surface area contributed by atoms with E-state index in [1.165, 1.54) is 5.56 Å². The van der Waals surface area contributed by atoms with Crippen molar-refractivity contribution in [3.63, 3.8) is 0 Å². The summed E-state index contributed by atoms with van der Waals surface area (Å²) < 4.78 is 5.26. The van der Waals surface area contributed by atoms with E-state index >= 15 is 0 Å². The van der Waals surface area contributed by atoms with Crippen molar-refractivity contribution in [1.82, 2.24) is 0 Å². The van der Waals surface area contributed by atoms with Gasteiger partial charge in [0.1, 0.15) is 0 Å².